The van der Waals surface area contributed by atoms with E-state index >= 15 is 0 Å². The maximum absolute atomic E-state index is 13.7. The van der Waals surface area contributed by atoms with Crippen LogP contribution in [-0.4, -0.2) is 17.4 Å². The van der Waals surface area contributed by atoms with Gasteiger partial charge in [-0.3, -0.25) is 4.79 Å². The number of para-hydroxylation sites is 1. The van der Waals surface area contributed by atoms with Crippen LogP contribution in [0.1, 0.15) is 29.3 Å². The first-order valence-corrected chi connectivity index (χ1v) is 10.0. The summed E-state index contributed by atoms with van der Waals surface area (Å²) in [5, 5.41) is 0.880. The second-order valence-corrected chi connectivity index (χ2v) is 7.23. The van der Waals surface area contributed by atoms with Gasteiger partial charge in [0.25, 0.3) is 5.91 Å². The maximum Gasteiger partial charge on any atom is 0.259 e. The van der Waals surface area contributed by atoms with Gasteiger partial charge in [0.15, 0.2) is 0 Å². The van der Waals surface area contributed by atoms with Gasteiger partial charge >= 0.3 is 0 Å². The summed E-state index contributed by atoms with van der Waals surface area (Å²) in [5.41, 5.74) is 5.40. The summed E-state index contributed by atoms with van der Waals surface area (Å²) in [7, 11) is 0. The third kappa shape index (κ3) is 3.90. The molecule has 0 aliphatic carbocycles. The number of nitrogens with zero attached hydrogens (tertiary/aromatic N) is 2. The number of hydrogen-bond acceptors (Lipinski definition) is 2. The van der Waals surface area contributed by atoms with E-state index in [2.05, 4.69) is 13.0 Å². The van der Waals surface area contributed by atoms with Gasteiger partial charge in [0.1, 0.15) is 0 Å². The molecule has 0 aliphatic heterocycles. The monoisotopic (exact) mass is 380 g/mol. The fourth-order valence-corrected chi connectivity index (χ4v) is 3.62. The summed E-state index contributed by atoms with van der Waals surface area (Å²) in [4.78, 5) is 20.4. The average Bonchev–Trinajstić information content (AvgIpc) is 2.77. The van der Waals surface area contributed by atoms with E-state index in [1.807, 2.05) is 90.7 Å². The first-order valence-electron chi connectivity index (χ1n) is 10.0. The molecule has 0 saturated heterocycles. The maximum atomic E-state index is 13.7. The van der Waals surface area contributed by atoms with Crippen LogP contribution in [0, 0.1) is 6.92 Å². The van der Waals surface area contributed by atoms with E-state index in [0.29, 0.717) is 12.1 Å². The van der Waals surface area contributed by atoms with E-state index < -0.39 is 0 Å². The minimum Gasteiger partial charge on any atom is -0.308 e. The van der Waals surface area contributed by atoms with Crippen molar-refractivity contribution in [1.29, 1.82) is 0 Å². The van der Waals surface area contributed by atoms with E-state index in [9.17, 15) is 4.79 Å². The van der Waals surface area contributed by atoms with Crippen LogP contribution in [0.2, 0.25) is 0 Å². The third-order valence-corrected chi connectivity index (χ3v) is 5.02. The standard InChI is InChI=1S/C26H24N2O/c1-3-16-28(21-13-9-10-19(2)17-21)26(29)23-18-25(20-11-5-4-6-12-20)27-24-15-8-7-14-22(23)24/h4-15,17-18H,3,16H2,1-2H3. The minimum atomic E-state index is 0.00762. The highest BCUT2D eigenvalue weighted by molar-refractivity contribution is 6.14. The van der Waals surface area contributed by atoms with Crippen LogP contribution < -0.4 is 4.90 Å². The number of fused-ring (bicyclic) bond motifs is 1. The largest absolute Gasteiger partial charge is 0.308 e. The van der Waals surface area contributed by atoms with Gasteiger partial charge in [-0.25, -0.2) is 4.98 Å². The fourth-order valence-electron chi connectivity index (χ4n) is 3.62. The number of aryl methyl sites for hydroxylation is 1. The van der Waals surface area contributed by atoms with Crippen molar-refractivity contribution < 1.29 is 4.79 Å². The summed E-state index contributed by atoms with van der Waals surface area (Å²) >= 11 is 0. The molecular weight excluding hydrogens is 356 g/mol. The van der Waals surface area contributed by atoms with Crippen molar-refractivity contribution in [2.45, 2.75) is 20.3 Å². The zero-order chi connectivity index (χ0) is 20.2. The van der Waals surface area contributed by atoms with Crippen molar-refractivity contribution in [3.05, 3.63) is 96.1 Å². The normalized spacial score (nSPS) is 10.8. The number of carbonyl (C=O) groups excluding carboxylic acids is 1. The van der Waals surface area contributed by atoms with E-state index in [1.54, 1.807) is 0 Å². The Labute approximate surface area is 171 Å². The molecule has 4 aromatic rings. The van der Waals surface area contributed by atoms with Crippen molar-refractivity contribution >= 4 is 22.5 Å². The summed E-state index contributed by atoms with van der Waals surface area (Å²) in [5.74, 6) is 0.00762. The predicted molar refractivity (Wildman–Crippen MR) is 120 cm³/mol. The Balaban J connectivity index is 1.87. The highest BCUT2D eigenvalue weighted by Gasteiger charge is 2.21. The molecule has 0 N–H and O–H groups in total. The van der Waals surface area contributed by atoms with Crippen LogP contribution in [0.3, 0.4) is 0 Å². The summed E-state index contributed by atoms with van der Waals surface area (Å²) < 4.78 is 0. The lowest BCUT2D eigenvalue weighted by Crippen LogP contribution is -2.32. The van der Waals surface area contributed by atoms with E-state index in [-0.39, 0.29) is 5.91 Å². The molecule has 144 valence electrons. The number of carbonyl (C=O) groups is 1. The van der Waals surface area contributed by atoms with Gasteiger partial charge in [0.05, 0.1) is 16.8 Å². The van der Waals surface area contributed by atoms with Crippen molar-refractivity contribution in [3.8, 4) is 11.3 Å². The van der Waals surface area contributed by atoms with Crippen LogP contribution in [0.5, 0.6) is 0 Å². The molecule has 3 heteroatoms. The molecule has 0 radical (unpaired) electrons. The molecule has 0 bridgehead atoms. The quantitative estimate of drug-likeness (QED) is 0.409. The first-order chi connectivity index (χ1) is 14.2. The van der Waals surface area contributed by atoms with Crippen molar-refractivity contribution in [2.24, 2.45) is 0 Å². The van der Waals surface area contributed by atoms with E-state index in [4.69, 9.17) is 4.98 Å². The molecule has 3 nitrogen and oxygen atoms in total. The Morgan fingerprint density at radius 3 is 2.41 bits per heavy atom. The van der Waals surface area contributed by atoms with Crippen LogP contribution in [-0.2, 0) is 0 Å². The Kier molecular flexibility index (Phi) is 5.39. The lowest BCUT2D eigenvalue weighted by atomic mass is 10.0. The summed E-state index contributed by atoms with van der Waals surface area (Å²) in [6.45, 7) is 4.81. The summed E-state index contributed by atoms with van der Waals surface area (Å²) in [6, 6.07) is 27.9. The molecule has 0 saturated carbocycles. The highest BCUT2D eigenvalue weighted by Crippen LogP contribution is 2.27. The predicted octanol–water partition coefficient (Wildman–Crippen LogP) is 6.27. The van der Waals surface area contributed by atoms with Gasteiger partial charge in [-0.15, -0.1) is 0 Å². The fraction of sp³-hybridized carbons (Fsp3) is 0.154. The number of hydrogen-bond donors (Lipinski definition) is 0. The topological polar surface area (TPSA) is 33.2 Å². The Morgan fingerprint density at radius 2 is 1.66 bits per heavy atom. The first kappa shape index (κ1) is 18.9. The molecule has 0 spiro atoms. The third-order valence-electron chi connectivity index (χ3n) is 5.02. The Morgan fingerprint density at radius 1 is 0.897 bits per heavy atom. The number of pyridine rings is 1. The second kappa shape index (κ2) is 8.27. The van der Waals surface area contributed by atoms with Crippen LogP contribution in [0.25, 0.3) is 22.2 Å². The Hall–Kier alpha value is -3.46. The van der Waals surface area contributed by atoms with Gasteiger partial charge in [0, 0.05) is 23.2 Å². The zero-order valence-corrected chi connectivity index (χ0v) is 16.8. The van der Waals surface area contributed by atoms with Crippen molar-refractivity contribution in [3.63, 3.8) is 0 Å². The highest BCUT2D eigenvalue weighted by atomic mass is 16.2. The molecular formula is C26H24N2O. The molecule has 29 heavy (non-hydrogen) atoms. The van der Waals surface area contributed by atoms with E-state index in [0.717, 1.165) is 39.8 Å². The molecule has 4 rings (SSSR count). The smallest absolute Gasteiger partial charge is 0.259 e. The molecule has 0 fully saturated rings. The number of aromatic nitrogens is 1. The van der Waals surface area contributed by atoms with Gasteiger partial charge in [0.2, 0.25) is 0 Å². The Bertz CT molecular complexity index is 1150. The van der Waals surface area contributed by atoms with Gasteiger partial charge in [-0.2, -0.15) is 0 Å². The summed E-state index contributed by atoms with van der Waals surface area (Å²) in [6.07, 6.45) is 0.883. The van der Waals surface area contributed by atoms with E-state index in [1.165, 1.54) is 0 Å². The van der Waals surface area contributed by atoms with Crippen LogP contribution in [0.15, 0.2) is 84.9 Å². The van der Waals surface area contributed by atoms with Crippen LogP contribution >= 0.6 is 0 Å². The molecule has 0 atom stereocenters. The lowest BCUT2D eigenvalue weighted by Gasteiger charge is -2.24. The zero-order valence-electron chi connectivity index (χ0n) is 16.8. The number of benzene rings is 3. The minimum absolute atomic E-state index is 0.00762. The van der Waals surface area contributed by atoms with Crippen molar-refractivity contribution in [1.82, 2.24) is 4.98 Å². The van der Waals surface area contributed by atoms with Crippen molar-refractivity contribution in [2.75, 3.05) is 11.4 Å². The molecule has 1 aromatic heterocycles. The number of anilines is 1. The lowest BCUT2D eigenvalue weighted by molar-refractivity contribution is 0.0988. The number of rotatable bonds is 5. The molecule has 0 aliphatic rings. The number of amides is 1. The SMILES string of the molecule is CCCN(C(=O)c1cc(-c2ccccc2)nc2ccccc12)c1cccc(C)c1. The van der Waals surface area contributed by atoms with Crippen LogP contribution in [0.4, 0.5) is 5.69 Å². The molecule has 0 unspecified atom stereocenters. The molecule has 3 aromatic carbocycles. The molecule has 1 amide bonds. The van der Waals surface area contributed by atoms with Gasteiger partial charge in [-0.05, 0) is 43.2 Å². The van der Waals surface area contributed by atoms with Gasteiger partial charge < -0.3 is 4.90 Å². The second-order valence-electron chi connectivity index (χ2n) is 7.23. The average molecular weight is 380 g/mol. The van der Waals surface area contributed by atoms with Gasteiger partial charge in [-0.1, -0.05) is 67.6 Å². The molecule has 1 heterocycles.